The van der Waals surface area contributed by atoms with Gasteiger partial charge in [0.15, 0.2) is 0 Å². The molecule has 0 bridgehead atoms. The fourth-order valence-corrected chi connectivity index (χ4v) is 9.25. The highest BCUT2D eigenvalue weighted by Crippen LogP contribution is 2.49. The van der Waals surface area contributed by atoms with Crippen molar-refractivity contribution in [2.45, 2.75) is 27.7 Å². The molecule has 0 amide bonds. The molecule has 0 fully saturated rings. The van der Waals surface area contributed by atoms with Crippen molar-refractivity contribution in [2.75, 3.05) is 4.90 Å². The lowest BCUT2D eigenvalue weighted by Gasteiger charge is -2.29. The van der Waals surface area contributed by atoms with Gasteiger partial charge in [0.2, 0.25) is 0 Å². The third-order valence-corrected chi connectivity index (χ3v) is 12.0. The van der Waals surface area contributed by atoms with Crippen LogP contribution in [0.15, 0.2) is 206 Å². The predicted molar refractivity (Wildman–Crippen MR) is 256 cm³/mol. The van der Waals surface area contributed by atoms with Crippen LogP contribution in [0.1, 0.15) is 22.3 Å². The Labute approximate surface area is 353 Å². The molecule has 9 aromatic carbocycles. The van der Waals surface area contributed by atoms with Crippen LogP contribution in [0.2, 0.25) is 0 Å². The highest BCUT2D eigenvalue weighted by atomic mass is 15.2. The van der Waals surface area contributed by atoms with E-state index < -0.39 is 0 Å². The molecule has 0 aliphatic heterocycles. The number of nitrogens with zero attached hydrogens (tertiary/aromatic N) is 2. The van der Waals surface area contributed by atoms with Crippen LogP contribution < -0.4 is 4.90 Å². The molecule has 1 heterocycles. The molecule has 0 aliphatic rings. The first kappa shape index (κ1) is 36.9. The Morgan fingerprint density at radius 3 is 1.50 bits per heavy atom. The van der Waals surface area contributed by atoms with E-state index in [2.05, 4.69) is 243 Å². The summed E-state index contributed by atoms with van der Waals surface area (Å²) in [4.78, 5) is 2.47. The van der Waals surface area contributed by atoms with Crippen LogP contribution in [0.4, 0.5) is 17.1 Å². The number of rotatable bonds is 8. The minimum absolute atomic E-state index is 1.09. The number of aromatic nitrogens is 1. The summed E-state index contributed by atoms with van der Waals surface area (Å²) in [6, 6.07) is 75.6. The minimum Gasteiger partial charge on any atom is -0.309 e. The van der Waals surface area contributed by atoms with Crippen LogP contribution in [-0.4, -0.2) is 4.57 Å². The fourth-order valence-electron chi connectivity index (χ4n) is 9.25. The average molecular weight is 771 g/mol. The fraction of sp³-hybridized carbons (Fsp3) is 0.0690. The summed E-state index contributed by atoms with van der Waals surface area (Å²) in [5, 5.41) is 2.40. The maximum absolute atomic E-state index is 2.54. The summed E-state index contributed by atoms with van der Waals surface area (Å²) in [5.74, 6) is 0. The number of benzene rings is 9. The van der Waals surface area contributed by atoms with Crippen molar-refractivity contribution in [3.63, 3.8) is 0 Å². The van der Waals surface area contributed by atoms with Gasteiger partial charge in [-0.15, -0.1) is 0 Å². The van der Waals surface area contributed by atoms with Gasteiger partial charge in [-0.3, -0.25) is 0 Å². The van der Waals surface area contributed by atoms with E-state index >= 15 is 0 Å². The molecule has 288 valence electrons. The van der Waals surface area contributed by atoms with Gasteiger partial charge < -0.3 is 9.47 Å². The highest BCUT2D eigenvalue weighted by Gasteiger charge is 2.26. The Morgan fingerprint density at radius 1 is 0.350 bits per heavy atom. The third kappa shape index (κ3) is 6.47. The van der Waals surface area contributed by atoms with Gasteiger partial charge in [0.1, 0.15) is 0 Å². The van der Waals surface area contributed by atoms with E-state index in [0.717, 1.165) is 22.6 Å². The van der Waals surface area contributed by atoms with E-state index in [9.17, 15) is 0 Å². The molecule has 10 rings (SSSR count). The van der Waals surface area contributed by atoms with Gasteiger partial charge in [0.05, 0.1) is 28.1 Å². The molecule has 0 N–H and O–H groups in total. The smallest absolute Gasteiger partial charge is 0.0619 e. The summed E-state index contributed by atoms with van der Waals surface area (Å²) in [5.41, 5.74) is 21.5. The lowest BCUT2D eigenvalue weighted by Crippen LogP contribution is -2.11. The van der Waals surface area contributed by atoms with Gasteiger partial charge in [0.25, 0.3) is 0 Å². The first-order chi connectivity index (χ1) is 29.4. The van der Waals surface area contributed by atoms with Crippen LogP contribution in [0.3, 0.4) is 0 Å². The van der Waals surface area contributed by atoms with Gasteiger partial charge in [-0.2, -0.15) is 0 Å². The first-order valence-electron chi connectivity index (χ1n) is 20.9. The number of hydrogen-bond donors (Lipinski definition) is 0. The van der Waals surface area contributed by atoms with Crippen LogP contribution in [0.5, 0.6) is 0 Å². The monoisotopic (exact) mass is 770 g/mol. The van der Waals surface area contributed by atoms with Crippen LogP contribution in [0.25, 0.3) is 72.0 Å². The Kier molecular flexibility index (Phi) is 9.47. The Morgan fingerprint density at radius 2 is 0.850 bits per heavy atom. The molecule has 2 heteroatoms. The van der Waals surface area contributed by atoms with E-state index in [1.807, 2.05) is 0 Å². The summed E-state index contributed by atoms with van der Waals surface area (Å²) in [7, 11) is 0. The minimum atomic E-state index is 1.09. The largest absolute Gasteiger partial charge is 0.309 e. The number of para-hydroxylation sites is 3. The van der Waals surface area contributed by atoms with E-state index in [1.54, 1.807) is 0 Å². The van der Waals surface area contributed by atoms with E-state index in [-0.39, 0.29) is 0 Å². The van der Waals surface area contributed by atoms with Crippen LogP contribution >= 0.6 is 0 Å². The van der Waals surface area contributed by atoms with Crippen molar-refractivity contribution in [2.24, 2.45) is 0 Å². The zero-order valence-corrected chi connectivity index (χ0v) is 34.5. The second-order valence-electron chi connectivity index (χ2n) is 16.0. The van der Waals surface area contributed by atoms with Gasteiger partial charge >= 0.3 is 0 Å². The molecule has 0 saturated carbocycles. The molecule has 0 unspecified atom stereocenters. The van der Waals surface area contributed by atoms with Gasteiger partial charge in [-0.25, -0.2) is 0 Å². The Hall–Kier alpha value is -7.42. The van der Waals surface area contributed by atoms with Gasteiger partial charge in [0, 0.05) is 33.2 Å². The molecule has 0 saturated heterocycles. The van der Waals surface area contributed by atoms with Gasteiger partial charge in [-0.1, -0.05) is 181 Å². The van der Waals surface area contributed by atoms with Crippen molar-refractivity contribution >= 4 is 38.9 Å². The number of fused-ring (bicyclic) bond motifs is 3. The molecule has 0 aliphatic carbocycles. The van der Waals surface area contributed by atoms with Crippen LogP contribution in [0, 0.1) is 27.7 Å². The normalized spacial score (nSPS) is 11.3. The maximum atomic E-state index is 2.54. The number of aryl methyl sites for hydroxylation is 4. The quantitative estimate of drug-likeness (QED) is 0.149. The molecular weight excluding hydrogens is 725 g/mol. The molecule has 1 aromatic heterocycles. The molecule has 10 aromatic rings. The molecule has 0 atom stereocenters. The highest BCUT2D eigenvalue weighted by molar-refractivity contribution is 6.17. The maximum Gasteiger partial charge on any atom is 0.0619 e. The van der Waals surface area contributed by atoms with Crippen molar-refractivity contribution < 1.29 is 0 Å². The summed E-state index contributed by atoms with van der Waals surface area (Å²) in [6.45, 7) is 8.83. The molecule has 60 heavy (non-hydrogen) atoms. The van der Waals surface area contributed by atoms with Crippen molar-refractivity contribution in [1.82, 2.24) is 4.57 Å². The molecule has 0 spiro atoms. The second-order valence-corrected chi connectivity index (χ2v) is 16.0. The topological polar surface area (TPSA) is 8.17 Å². The van der Waals surface area contributed by atoms with E-state index in [4.69, 9.17) is 0 Å². The van der Waals surface area contributed by atoms with Crippen molar-refractivity contribution in [3.05, 3.63) is 229 Å². The second kappa shape index (κ2) is 15.4. The number of anilines is 3. The number of hydrogen-bond acceptors (Lipinski definition) is 1. The van der Waals surface area contributed by atoms with E-state index in [0.29, 0.717) is 0 Å². The standard InChI is InChI=1S/C58H46N2/c1-39-29-35-47(41(3)37-39)50-23-15-24-51(48-36-30-40(2)38-42(48)4)58(50)60-54-26-14-12-22-52(54)57-55(27-16-28-56(57)60)59(46-33-31-44(32-34-46)43-17-7-5-8-18-43)53-25-13-11-21-49(53)45-19-9-6-10-20-45/h5-38H,1-4H3. The van der Waals surface area contributed by atoms with Gasteiger partial charge in [-0.05, 0) is 103 Å². The summed E-state index contributed by atoms with van der Waals surface area (Å²) >= 11 is 0. The Bertz CT molecular complexity index is 3100. The lowest BCUT2D eigenvalue weighted by atomic mass is 9.90. The molecular formula is C58H46N2. The van der Waals surface area contributed by atoms with Crippen LogP contribution in [-0.2, 0) is 0 Å². The first-order valence-corrected chi connectivity index (χ1v) is 20.9. The molecule has 0 radical (unpaired) electrons. The summed E-state index contributed by atoms with van der Waals surface area (Å²) < 4.78 is 2.54. The zero-order valence-electron chi connectivity index (χ0n) is 34.5. The molecule has 2 nitrogen and oxygen atoms in total. The third-order valence-electron chi connectivity index (χ3n) is 12.0. The van der Waals surface area contributed by atoms with Crippen molar-refractivity contribution in [1.29, 1.82) is 0 Å². The predicted octanol–water partition coefficient (Wildman–Crippen LogP) is 16.2. The SMILES string of the molecule is Cc1ccc(-c2cccc(-c3ccc(C)cc3C)c2-n2c3ccccc3c3c(N(c4ccc(-c5ccccc5)cc4)c4ccccc4-c4ccccc4)cccc32)c(C)c1. The van der Waals surface area contributed by atoms with E-state index in [1.165, 1.54) is 88.7 Å². The zero-order chi connectivity index (χ0) is 40.7. The summed E-state index contributed by atoms with van der Waals surface area (Å²) in [6.07, 6.45) is 0. The lowest BCUT2D eigenvalue weighted by molar-refractivity contribution is 1.18. The Balaban J connectivity index is 1.30. The van der Waals surface area contributed by atoms with Crippen molar-refractivity contribution in [3.8, 4) is 50.2 Å². The average Bonchev–Trinajstić information content (AvgIpc) is 3.62.